The molecular formula is C42H51Cl6N3. The van der Waals surface area contributed by atoms with E-state index in [1.807, 2.05) is 18.2 Å². The molecule has 3 saturated heterocycles. The van der Waals surface area contributed by atoms with Gasteiger partial charge in [-0.05, 0) is 129 Å². The fourth-order valence-corrected chi connectivity index (χ4v) is 11.7. The summed E-state index contributed by atoms with van der Waals surface area (Å²) in [7, 11) is 0. The molecule has 6 fully saturated rings. The summed E-state index contributed by atoms with van der Waals surface area (Å²) in [5.74, 6) is 2.32. The number of hydrogen-bond donors (Lipinski definition) is 3. The Hall–Kier alpha value is -0.720. The smallest absolute Gasteiger partial charge is 0.0595 e. The SMILES string of the molecule is Clc1ccc([C@@]23CCCC[C@@H]2CNC3)cc1Cl.Clc1ccc([C@]23CCCC[C@H]2CNC3)cc1Cl.Clc1ccc([C@]23CCCC[C@H]2CNC3)cc1Cl. The fraction of sp³-hybridized carbons (Fsp3) is 0.571. The van der Waals surface area contributed by atoms with Gasteiger partial charge in [0.1, 0.15) is 0 Å². The number of benzene rings is 3. The summed E-state index contributed by atoms with van der Waals surface area (Å²) in [6, 6.07) is 18.6. The molecule has 3 nitrogen and oxygen atoms in total. The topological polar surface area (TPSA) is 36.1 Å². The maximum absolute atomic E-state index is 6.17. The molecule has 3 heterocycles. The molecule has 3 saturated carbocycles. The normalized spacial score (nSPS) is 32.5. The van der Waals surface area contributed by atoms with Crippen LogP contribution in [-0.2, 0) is 16.2 Å². The summed E-state index contributed by atoms with van der Waals surface area (Å²) >= 11 is 36.5. The molecule has 0 aromatic heterocycles. The molecule has 9 heteroatoms. The molecule has 3 N–H and O–H groups in total. The van der Waals surface area contributed by atoms with Gasteiger partial charge in [0.15, 0.2) is 0 Å². The first-order chi connectivity index (χ1) is 24.7. The van der Waals surface area contributed by atoms with Crippen molar-refractivity contribution in [2.24, 2.45) is 17.8 Å². The van der Waals surface area contributed by atoms with Crippen LogP contribution in [0, 0.1) is 17.8 Å². The number of rotatable bonds is 3. The molecule has 0 unspecified atom stereocenters. The van der Waals surface area contributed by atoms with Gasteiger partial charge >= 0.3 is 0 Å². The largest absolute Gasteiger partial charge is 0.316 e. The van der Waals surface area contributed by atoms with E-state index in [2.05, 4.69) is 52.3 Å². The fourth-order valence-electron chi connectivity index (χ4n) is 10.8. The highest BCUT2D eigenvalue weighted by molar-refractivity contribution is 6.43. The molecule has 6 atom stereocenters. The van der Waals surface area contributed by atoms with E-state index in [0.29, 0.717) is 46.4 Å². The molecule has 3 aromatic carbocycles. The molecule has 3 aromatic rings. The average Bonchev–Trinajstić information content (AvgIpc) is 3.90. The zero-order valence-corrected chi connectivity index (χ0v) is 34.0. The van der Waals surface area contributed by atoms with E-state index in [0.717, 1.165) is 57.0 Å². The van der Waals surface area contributed by atoms with Crippen molar-refractivity contribution in [1.29, 1.82) is 0 Å². The zero-order chi connectivity index (χ0) is 35.6. The van der Waals surface area contributed by atoms with Crippen LogP contribution in [0.4, 0.5) is 0 Å². The lowest BCUT2D eigenvalue weighted by atomic mass is 9.64. The maximum atomic E-state index is 6.17. The number of fused-ring (bicyclic) bond motifs is 3. The minimum atomic E-state index is 0.312. The van der Waals surface area contributed by atoms with Crippen LogP contribution in [0.3, 0.4) is 0 Å². The average molecular weight is 811 g/mol. The van der Waals surface area contributed by atoms with Gasteiger partial charge in [-0.15, -0.1) is 0 Å². The molecule has 276 valence electrons. The van der Waals surface area contributed by atoms with Crippen LogP contribution >= 0.6 is 69.6 Å². The molecular weight excluding hydrogens is 759 g/mol. The standard InChI is InChI=1S/3C14H17Cl2N/c3*15-12-5-4-10(7-13(12)16)14-6-2-1-3-11(14)8-17-9-14/h3*4-5,7,11,17H,1-3,6,8-9H2/t3*11-,14+/m100/s1. The highest BCUT2D eigenvalue weighted by atomic mass is 35.5. The van der Waals surface area contributed by atoms with Crippen LogP contribution in [-0.4, -0.2) is 39.3 Å². The van der Waals surface area contributed by atoms with Gasteiger partial charge < -0.3 is 16.0 Å². The minimum Gasteiger partial charge on any atom is -0.316 e. The second-order valence-corrected chi connectivity index (χ2v) is 18.5. The van der Waals surface area contributed by atoms with Crippen LogP contribution in [0.2, 0.25) is 30.1 Å². The van der Waals surface area contributed by atoms with Gasteiger partial charge in [0.05, 0.1) is 30.1 Å². The maximum Gasteiger partial charge on any atom is 0.0595 e. The van der Waals surface area contributed by atoms with Gasteiger partial charge in [0.2, 0.25) is 0 Å². The predicted octanol–water partition coefficient (Wildman–Crippen LogP) is 12.1. The molecule has 3 aliphatic heterocycles. The lowest BCUT2D eigenvalue weighted by Crippen LogP contribution is -2.37. The van der Waals surface area contributed by atoms with Gasteiger partial charge in [-0.3, -0.25) is 0 Å². The highest BCUT2D eigenvalue weighted by Gasteiger charge is 2.47. The lowest BCUT2D eigenvalue weighted by molar-refractivity contribution is 0.243. The molecule has 9 rings (SSSR count). The first-order valence-electron chi connectivity index (χ1n) is 19.2. The van der Waals surface area contributed by atoms with E-state index in [-0.39, 0.29) is 0 Å². The van der Waals surface area contributed by atoms with Crippen molar-refractivity contribution in [3.63, 3.8) is 0 Å². The Labute approximate surface area is 335 Å². The van der Waals surface area contributed by atoms with E-state index < -0.39 is 0 Å². The first-order valence-corrected chi connectivity index (χ1v) is 21.4. The van der Waals surface area contributed by atoms with Gasteiger partial charge in [-0.25, -0.2) is 0 Å². The summed E-state index contributed by atoms with van der Waals surface area (Å²) in [6.45, 7) is 6.74. The second-order valence-electron chi connectivity index (χ2n) is 16.1. The molecule has 0 spiro atoms. The van der Waals surface area contributed by atoms with Crippen molar-refractivity contribution in [2.75, 3.05) is 39.3 Å². The third-order valence-electron chi connectivity index (χ3n) is 13.6. The summed E-state index contributed by atoms with van der Waals surface area (Å²) in [6.07, 6.45) is 16.0. The van der Waals surface area contributed by atoms with Gasteiger partial charge in [-0.2, -0.15) is 0 Å². The number of nitrogens with one attached hydrogen (secondary N) is 3. The van der Waals surface area contributed by atoms with Gasteiger partial charge in [0, 0.05) is 35.9 Å². The zero-order valence-electron chi connectivity index (χ0n) is 29.4. The van der Waals surface area contributed by atoms with Crippen LogP contribution in [0.5, 0.6) is 0 Å². The van der Waals surface area contributed by atoms with Crippen molar-refractivity contribution >= 4 is 69.6 Å². The molecule has 51 heavy (non-hydrogen) atoms. The summed E-state index contributed by atoms with van der Waals surface area (Å²) in [5.41, 5.74) is 5.07. The molecule has 3 aliphatic carbocycles. The van der Waals surface area contributed by atoms with Crippen molar-refractivity contribution in [1.82, 2.24) is 16.0 Å². The van der Waals surface area contributed by atoms with Crippen molar-refractivity contribution < 1.29 is 0 Å². The van der Waals surface area contributed by atoms with Gasteiger partial charge in [-0.1, -0.05) is 126 Å². The van der Waals surface area contributed by atoms with Crippen molar-refractivity contribution in [3.05, 3.63) is 101 Å². The Morgan fingerprint density at radius 3 is 0.961 bits per heavy atom. The van der Waals surface area contributed by atoms with E-state index in [1.165, 1.54) is 93.7 Å². The van der Waals surface area contributed by atoms with Crippen molar-refractivity contribution in [3.8, 4) is 0 Å². The van der Waals surface area contributed by atoms with E-state index in [9.17, 15) is 0 Å². The predicted molar refractivity (Wildman–Crippen MR) is 219 cm³/mol. The van der Waals surface area contributed by atoms with E-state index in [1.54, 1.807) is 0 Å². The molecule has 6 aliphatic rings. The summed E-state index contributed by atoms with van der Waals surface area (Å²) in [4.78, 5) is 0. The molecule has 0 bridgehead atoms. The molecule has 0 amide bonds. The third-order valence-corrected chi connectivity index (χ3v) is 15.8. The van der Waals surface area contributed by atoms with Crippen molar-refractivity contribution in [2.45, 2.75) is 93.3 Å². The van der Waals surface area contributed by atoms with Crippen LogP contribution in [0.25, 0.3) is 0 Å². The third kappa shape index (κ3) is 7.74. The quantitative estimate of drug-likeness (QED) is 0.247. The number of halogens is 6. The lowest BCUT2D eigenvalue weighted by Gasteiger charge is -2.39. The Morgan fingerprint density at radius 2 is 0.686 bits per heavy atom. The van der Waals surface area contributed by atoms with Crippen LogP contribution in [0.15, 0.2) is 54.6 Å². The Balaban J connectivity index is 0.000000119. The second kappa shape index (κ2) is 16.6. The first kappa shape index (κ1) is 38.6. The Kier molecular flexibility index (Phi) is 12.5. The van der Waals surface area contributed by atoms with Crippen LogP contribution < -0.4 is 16.0 Å². The number of hydrogen-bond acceptors (Lipinski definition) is 3. The minimum absolute atomic E-state index is 0.312. The summed E-state index contributed by atoms with van der Waals surface area (Å²) < 4.78 is 0. The highest BCUT2D eigenvalue weighted by Crippen LogP contribution is 2.49. The van der Waals surface area contributed by atoms with E-state index >= 15 is 0 Å². The monoisotopic (exact) mass is 807 g/mol. The molecule has 0 radical (unpaired) electrons. The Bertz CT molecular complexity index is 1490. The summed E-state index contributed by atoms with van der Waals surface area (Å²) in [5, 5.41) is 14.7. The van der Waals surface area contributed by atoms with Gasteiger partial charge in [0.25, 0.3) is 0 Å². The van der Waals surface area contributed by atoms with Crippen LogP contribution in [0.1, 0.15) is 93.7 Å². The van der Waals surface area contributed by atoms with E-state index in [4.69, 9.17) is 69.6 Å². The Morgan fingerprint density at radius 1 is 0.392 bits per heavy atom.